The number of aromatic hydroxyl groups is 1. The third-order valence-corrected chi connectivity index (χ3v) is 2.16. The molecule has 3 heteroatoms. The molecule has 0 aliphatic carbocycles. The molecular weight excluding hydrogens is 181 g/mol. The lowest BCUT2D eigenvalue weighted by Gasteiger charge is -2.15. The van der Waals surface area contributed by atoms with E-state index in [0.717, 1.165) is 13.0 Å². The van der Waals surface area contributed by atoms with Gasteiger partial charge in [0.1, 0.15) is 11.6 Å². The lowest BCUT2D eigenvalue weighted by atomic mass is 10.1. The molecule has 2 N–H and O–H groups in total. The Kier molecular flexibility index (Phi) is 3.89. The molecule has 0 fully saturated rings. The minimum absolute atomic E-state index is 0.0149. The Morgan fingerprint density at radius 1 is 1.50 bits per heavy atom. The summed E-state index contributed by atoms with van der Waals surface area (Å²) >= 11 is 0. The van der Waals surface area contributed by atoms with Crippen LogP contribution >= 0.6 is 0 Å². The fraction of sp³-hybridized carbons (Fsp3) is 0.455. The van der Waals surface area contributed by atoms with Crippen LogP contribution in [-0.4, -0.2) is 11.7 Å². The molecule has 1 rings (SSSR count). The van der Waals surface area contributed by atoms with Gasteiger partial charge < -0.3 is 10.4 Å². The van der Waals surface area contributed by atoms with Crippen molar-refractivity contribution >= 4 is 0 Å². The summed E-state index contributed by atoms with van der Waals surface area (Å²) in [5, 5.41) is 12.6. The van der Waals surface area contributed by atoms with Crippen molar-refractivity contribution in [3.05, 3.63) is 29.6 Å². The zero-order chi connectivity index (χ0) is 10.6. The smallest absolute Gasteiger partial charge is 0.131 e. The van der Waals surface area contributed by atoms with Gasteiger partial charge in [-0.05, 0) is 32.0 Å². The highest BCUT2D eigenvalue weighted by Gasteiger charge is 2.13. The van der Waals surface area contributed by atoms with Crippen molar-refractivity contribution in [2.45, 2.75) is 26.3 Å². The Morgan fingerprint density at radius 2 is 2.21 bits per heavy atom. The van der Waals surface area contributed by atoms with Crippen molar-refractivity contribution in [1.82, 2.24) is 5.32 Å². The number of phenols is 1. The summed E-state index contributed by atoms with van der Waals surface area (Å²) in [7, 11) is 0. The Hall–Kier alpha value is -1.09. The normalized spacial score (nSPS) is 12.8. The molecule has 1 aromatic carbocycles. The maximum atomic E-state index is 13.3. The molecule has 0 saturated heterocycles. The second-order valence-electron chi connectivity index (χ2n) is 3.35. The van der Waals surface area contributed by atoms with E-state index < -0.39 is 0 Å². The zero-order valence-corrected chi connectivity index (χ0v) is 8.55. The molecule has 0 heterocycles. The molecule has 1 aromatic rings. The third kappa shape index (κ3) is 2.45. The first-order valence-electron chi connectivity index (χ1n) is 4.87. The SMILES string of the molecule is CCCNC(C)c1c(O)cccc1F. The van der Waals surface area contributed by atoms with Crippen LogP contribution in [-0.2, 0) is 0 Å². The average Bonchev–Trinajstić information content (AvgIpc) is 2.14. The lowest BCUT2D eigenvalue weighted by Crippen LogP contribution is -2.20. The second-order valence-corrected chi connectivity index (χ2v) is 3.35. The Labute approximate surface area is 83.8 Å². The summed E-state index contributed by atoms with van der Waals surface area (Å²) < 4.78 is 13.3. The maximum Gasteiger partial charge on any atom is 0.131 e. The first-order chi connectivity index (χ1) is 6.66. The van der Waals surface area contributed by atoms with Crippen LogP contribution in [0, 0.1) is 5.82 Å². The monoisotopic (exact) mass is 197 g/mol. The molecular formula is C11H16FNO. The van der Waals surface area contributed by atoms with E-state index in [2.05, 4.69) is 5.32 Å². The lowest BCUT2D eigenvalue weighted by molar-refractivity contribution is 0.437. The van der Waals surface area contributed by atoms with Gasteiger partial charge in [-0.3, -0.25) is 0 Å². The Balaban J connectivity index is 2.82. The first-order valence-corrected chi connectivity index (χ1v) is 4.87. The number of hydrogen-bond acceptors (Lipinski definition) is 2. The van der Waals surface area contributed by atoms with Crippen LogP contribution in [0.15, 0.2) is 18.2 Å². The average molecular weight is 197 g/mol. The van der Waals surface area contributed by atoms with Gasteiger partial charge in [-0.1, -0.05) is 13.0 Å². The molecule has 0 aromatic heterocycles. The highest BCUT2D eigenvalue weighted by Crippen LogP contribution is 2.26. The molecule has 1 atom stereocenters. The van der Waals surface area contributed by atoms with Crippen LogP contribution in [0.1, 0.15) is 31.9 Å². The van der Waals surface area contributed by atoms with E-state index in [1.807, 2.05) is 13.8 Å². The summed E-state index contributed by atoms with van der Waals surface area (Å²) in [5.74, 6) is -0.345. The van der Waals surface area contributed by atoms with Gasteiger partial charge in [0.15, 0.2) is 0 Å². The third-order valence-electron chi connectivity index (χ3n) is 2.16. The van der Waals surface area contributed by atoms with Gasteiger partial charge in [-0.25, -0.2) is 4.39 Å². The predicted octanol–water partition coefficient (Wildman–Crippen LogP) is 2.59. The number of rotatable bonds is 4. The van der Waals surface area contributed by atoms with Crippen molar-refractivity contribution in [3.63, 3.8) is 0 Å². The highest BCUT2D eigenvalue weighted by molar-refractivity contribution is 5.35. The molecule has 0 saturated carbocycles. The zero-order valence-electron chi connectivity index (χ0n) is 8.55. The minimum atomic E-state index is -0.360. The first kappa shape index (κ1) is 11.0. The molecule has 2 nitrogen and oxygen atoms in total. The van der Waals surface area contributed by atoms with Gasteiger partial charge in [0.05, 0.1) is 0 Å². The van der Waals surface area contributed by atoms with Gasteiger partial charge >= 0.3 is 0 Å². The standard InChI is InChI=1S/C11H16FNO/c1-3-7-13-8(2)11-9(12)5-4-6-10(11)14/h4-6,8,13-14H,3,7H2,1-2H3. The van der Waals surface area contributed by atoms with Crippen molar-refractivity contribution in [3.8, 4) is 5.75 Å². The second kappa shape index (κ2) is 4.96. The van der Waals surface area contributed by atoms with Crippen molar-refractivity contribution in [2.75, 3.05) is 6.54 Å². The van der Waals surface area contributed by atoms with Crippen LogP contribution in [0.3, 0.4) is 0 Å². The number of phenolic OH excluding ortho intramolecular Hbond substituents is 1. The van der Waals surface area contributed by atoms with Crippen molar-refractivity contribution in [1.29, 1.82) is 0 Å². The molecule has 1 unspecified atom stereocenters. The van der Waals surface area contributed by atoms with Gasteiger partial charge in [0, 0.05) is 11.6 Å². The number of halogens is 1. The van der Waals surface area contributed by atoms with Crippen LogP contribution in [0.4, 0.5) is 4.39 Å². The molecule has 0 amide bonds. The summed E-state index contributed by atoms with van der Waals surface area (Å²) in [4.78, 5) is 0. The maximum absolute atomic E-state index is 13.3. The summed E-state index contributed by atoms with van der Waals surface area (Å²) in [6, 6.07) is 4.21. The largest absolute Gasteiger partial charge is 0.508 e. The van der Waals surface area contributed by atoms with Gasteiger partial charge in [-0.15, -0.1) is 0 Å². The quantitative estimate of drug-likeness (QED) is 0.777. The summed E-state index contributed by atoms with van der Waals surface area (Å²) in [6.07, 6.45) is 0.986. The van der Waals surface area contributed by atoms with Crippen LogP contribution in [0.25, 0.3) is 0 Å². The van der Waals surface area contributed by atoms with Gasteiger partial charge in [0.25, 0.3) is 0 Å². The molecule has 14 heavy (non-hydrogen) atoms. The molecule has 78 valence electrons. The number of hydrogen-bond donors (Lipinski definition) is 2. The van der Waals surface area contributed by atoms with Crippen molar-refractivity contribution < 1.29 is 9.50 Å². The molecule has 0 spiro atoms. The summed E-state index contributed by atoms with van der Waals surface area (Å²) in [5.41, 5.74) is 0.348. The molecule has 0 radical (unpaired) electrons. The summed E-state index contributed by atoms with van der Waals surface area (Å²) in [6.45, 7) is 4.70. The number of benzene rings is 1. The van der Waals surface area contributed by atoms with E-state index in [9.17, 15) is 9.50 Å². The fourth-order valence-corrected chi connectivity index (χ4v) is 1.42. The van der Waals surface area contributed by atoms with E-state index in [1.54, 1.807) is 0 Å². The topological polar surface area (TPSA) is 32.3 Å². The van der Waals surface area contributed by atoms with E-state index in [-0.39, 0.29) is 17.6 Å². The Morgan fingerprint density at radius 3 is 2.79 bits per heavy atom. The van der Waals surface area contributed by atoms with Gasteiger partial charge in [0.2, 0.25) is 0 Å². The highest BCUT2D eigenvalue weighted by atomic mass is 19.1. The molecule has 0 bridgehead atoms. The van der Waals surface area contributed by atoms with Crippen LogP contribution in [0.5, 0.6) is 5.75 Å². The fourth-order valence-electron chi connectivity index (χ4n) is 1.42. The van der Waals surface area contributed by atoms with E-state index >= 15 is 0 Å². The van der Waals surface area contributed by atoms with E-state index in [1.165, 1.54) is 18.2 Å². The van der Waals surface area contributed by atoms with Crippen LogP contribution < -0.4 is 5.32 Å². The molecule has 0 aliphatic heterocycles. The van der Waals surface area contributed by atoms with Gasteiger partial charge in [-0.2, -0.15) is 0 Å². The van der Waals surface area contributed by atoms with E-state index in [0.29, 0.717) is 5.56 Å². The van der Waals surface area contributed by atoms with E-state index in [4.69, 9.17) is 0 Å². The van der Waals surface area contributed by atoms with Crippen molar-refractivity contribution in [2.24, 2.45) is 0 Å². The Bertz CT molecular complexity index is 281. The number of nitrogens with one attached hydrogen (secondary N) is 1. The molecule has 0 aliphatic rings. The minimum Gasteiger partial charge on any atom is -0.508 e. The predicted molar refractivity (Wildman–Crippen MR) is 54.8 cm³/mol. The van der Waals surface area contributed by atoms with Crippen LogP contribution in [0.2, 0.25) is 0 Å².